The monoisotopic (exact) mass is 257 g/mol. The molecule has 3 heteroatoms. The SMILES string of the molecule is CCCNC(COCCOC)C1CCCCCC1. The molecule has 1 saturated carbocycles. The van der Waals surface area contributed by atoms with Gasteiger partial charge in [0.2, 0.25) is 0 Å². The molecule has 0 radical (unpaired) electrons. The van der Waals surface area contributed by atoms with Crippen LogP contribution in [0.5, 0.6) is 0 Å². The molecule has 1 fully saturated rings. The molecular formula is C15H31NO2. The van der Waals surface area contributed by atoms with Gasteiger partial charge in [0.15, 0.2) is 0 Å². The van der Waals surface area contributed by atoms with Crippen molar-refractivity contribution in [2.75, 3.05) is 33.5 Å². The molecule has 0 aliphatic heterocycles. The topological polar surface area (TPSA) is 30.5 Å². The minimum Gasteiger partial charge on any atom is -0.382 e. The van der Waals surface area contributed by atoms with Crippen LogP contribution < -0.4 is 5.32 Å². The number of hydrogen-bond donors (Lipinski definition) is 1. The molecule has 18 heavy (non-hydrogen) atoms. The van der Waals surface area contributed by atoms with Gasteiger partial charge in [-0.05, 0) is 31.7 Å². The zero-order chi connectivity index (χ0) is 13.1. The van der Waals surface area contributed by atoms with Gasteiger partial charge in [0.25, 0.3) is 0 Å². The zero-order valence-corrected chi connectivity index (χ0v) is 12.2. The highest BCUT2D eigenvalue weighted by Crippen LogP contribution is 2.25. The fourth-order valence-electron chi connectivity index (χ4n) is 2.76. The minimum atomic E-state index is 0.542. The summed E-state index contributed by atoms with van der Waals surface area (Å²) in [7, 11) is 1.72. The Morgan fingerprint density at radius 3 is 2.44 bits per heavy atom. The largest absolute Gasteiger partial charge is 0.382 e. The lowest BCUT2D eigenvalue weighted by atomic mass is 9.92. The Balaban J connectivity index is 2.31. The van der Waals surface area contributed by atoms with E-state index in [0.717, 1.165) is 19.1 Å². The van der Waals surface area contributed by atoms with Gasteiger partial charge in [-0.25, -0.2) is 0 Å². The molecule has 1 aliphatic carbocycles. The van der Waals surface area contributed by atoms with E-state index in [1.165, 1.54) is 44.9 Å². The van der Waals surface area contributed by atoms with Crippen molar-refractivity contribution in [1.29, 1.82) is 0 Å². The lowest BCUT2D eigenvalue weighted by Gasteiger charge is -2.27. The maximum absolute atomic E-state index is 5.74. The van der Waals surface area contributed by atoms with E-state index in [-0.39, 0.29) is 0 Å². The van der Waals surface area contributed by atoms with Crippen molar-refractivity contribution in [3.05, 3.63) is 0 Å². The second-order valence-corrected chi connectivity index (χ2v) is 5.38. The van der Waals surface area contributed by atoms with Crippen molar-refractivity contribution in [1.82, 2.24) is 5.32 Å². The predicted molar refractivity (Wildman–Crippen MR) is 76.0 cm³/mol. The molecule has 0 aromatic heterocycles. The van der Waals surface area contributed by atoms with Gasteiger partial charge in [0, 0.05) is 13.2 Å². The molecule has 0 spiro atoms. The van der Waals surface area contributed by atoms with E-state index in [9.17, 15) is 0 Å². The van der Waals surface area contributed by atoms with Crippen LogP contribution in [0.25, 0.3) is 0 Å². The van der Waals surface area contributed by atoms with E-state index in [0.29, 0.717) is 19.3 Å². The average molecular weight is 257 g/mol. The Labute approximate surface area is 113 Å². The smallest absolute Gasteiger partial charge is 0.0701 e. The molecule has 0 saturated heterocycles. The normalized spacial score (nSPS) is 19.7. The molecule has 3 nitrogen and oxygen atoms in total. The first-order chi connectivity index (χ1) is 8.88. The van der Waals surface area contributed by atoms with Crippen molar-refractivity contribution >= 4 is 0 Å². The molecule has 0 aromatic rings. The molecule has 0 aromatic carbocycles. The second-order valence-electron chi connectivity index (χ2n) is 5.38. The third-order valence-corrected chi connectivity index (χ3v) is 3.85. The van der Waals surface area contributed by atoms with Crippen LogP contribution in [0.4, 0.5) is 0 Å². The highest BCUT2D eigenvalue weighted by Gasteiger charge is 2.22. The summed E-state index contributed by atoms with van der Waals surface area (Å²) in [5.74, 6) is 0.807. The molecule has 1 rings (SSSR count). The van der Waals surface area contributed by atoms with Crippen molar-refractivity contribution in [3.8, 4) is 0 Å². The number of methoxy groups -OCH3 is 1. The van der Waals surface area contributed by atoms with Crippen LogP contribution in [0.15, 0.2) is 0 Å². The van der Waals surface area contributed by atoms with Crippen LogP contribution in [0, 0.1) is 5.92 Å². The van der Waals surface area contributed by atoms with Gasteiger partial charge < -0.3 is 14.8 Å². The first-order valence-electron chi connectivity index (χ1n) is 7.68. The summed E-state index contributed by atoms with van der Waals surface area (Å²) in [6.45, 7) is 5.59. The summed E-state index contributed by atoms with van der Waals surface area (Å²) in [4.78, 5) is 0. The van der Waals surface area contributed by atoms with Crippen LogP contribution in [0.1, 0.15) is 51.9 Å². The van der Waals surface area contributed by atoms with Crippen molar-refractivity contribution < 1.29 is 9.47 Å². The van der Waals surface area contributed by atoms with E-state index < -0.39 is 0 Å². The van der Waals surface area contributed by atoms with E-state index >= 15 is 0 Å². The van der Waals surface area contributed by atoms with Crippen LogP contribution in [-0.2, 0) is 9.47 Å². The van der Waals surface area contributed by atoms with E-state index in [1.54, 1.807) is 7.11 Å². The predicted octanol–water partition coefficient (Wildman–Crippen LogP) is 2.99. The van der Waals surface area contributed by atoms with E-state index in [2.05, 4.69) is 12.2 Å². The standard InChI is InChI=1S/C15H31NO2/c1-3-10-16-15(13-18-12-11-17-2)14-8-6-4-5-7-9-14/h14-16H,3-13H2,1-2H3. The van der Waals surface area contributed by atoms with Crippen molar-refractivity contribution in [2.24, 2.45) is 5.92 Å². The first-order valence-corrected chi connectivity index (χ1v) is 7.68. The molecule has 1 aliphatic rings. The average Bonchev–Trinajstić information content (AvgIpc) is 2.67. The Hall–Kier alpha value is -0.120. The molecule has 0 bridgehead atoms. The third-order valence-electron chi connectivity index (χ3n) is 3.85. The van der Waals surface area contributed by atoms with Gasteiger partial charge in [0.1, 0.15) is 0 Å². The highest BCUT2D eigenvalue weighted by molar-refractivity contribution is 4.78. The van der Waals surface area contributed by atoms with Crippen LogP contribution in [0.3, 0.4) is 0 Å². The van der Waals surface area contributed by atoms with Gasteiger partial charge in [-0.2, -0.15) is 0 Å². The van der Waals surface area contributed by atoms with Crippen LogP contribution in [0.2, 0.25) is 0 Å². The summed E-state index contributed by atoms with van der Waals surface area (Å²) in [6, 6.07) is 0.542. The summed E-state index contributed by atoms with van der Waals surface area (Å²) >= 11 is 0. The number of nitrogens with one attached hydrogen (secondary N) is 1. The fourth-order valence-corrected chi connectivity index (χ4v) is 2.76. The van der Waals surface area contributed by atoms with Gasteiger partial charge in [-0.3, -0.25) is 0 Å². The number of hydrogen-bond acceptors (Lipinski definition) is 3. The summed E-state index contributed by atoms with van der Waals surface area (Å²) in [5, 5.41) is 3.68. The molecular weight excluding hydrogens is 226 g/mol. The first kappa shape index (κ1) is 15.9. The van der Waals surface area contributed by atoms with E-state index in [4.69, 9.17) is 9.47 Å². The fraction of sp³-hybridized carbons (Fsp3) is 1.00. The van der Waals surface area contributed by atoms with Crippen molar-refractivity contribution in [2.45, 2.75) is 57.9 Å². The van der Waals surface area contributed by atoms with Gasteiger partial charge >= 0.3 is 0 Å². The maximum Gasteiger partial charge on any atom is 0.0701 e. The van der Waals surface area contributed by atoms with Gasteiger partial charge in [-0.1, -0.05) is 32.6 Å². The van der Waals surface area contributed by atoms with Gasteiger partial charge in [0.05, 0.1) is 19.8 Å². The van der Waals surface area contributed by atoms with Crippen LogP contribution in [-0.4, -0.2) is 39.5 Å². The molecule has 108 valence electrons. The quantitative estimate of drug-likeness (QED) is 0.509. The van der Waals surface area contributed by atoms with Gasteiger partial charge in [-0.15, -0.1) is 0 Å². The van der Waals surface area contributed by atoms with E-state index in [1.807, 2.05) is 0 Å². The Bertz CT molecular complexity index is 179. The Morgan fingerprint density at radius 1 is 1.11 bits per heavy atom. The molecule has 1 N–H and O–H groups in total. The summed E-state index contributed by atoms with van der Waals surface area (Å²) in [6.07, 6.45) is 9.56. The highest BCUT2D eigenvalue weighted by atomic mass is 16.5. The Morgan fingerprint density at radius 2 is 1.83 bits per heavy atom. The maximum atomic E-state index is 5.74. The molecule has 1 unspecified atom stereocenters. The zero-order valence-electron chi connectivity index (χ0n) is 12.2. The van der Waals surface area contributed by atoms with Crippen LogP contribution >= 0.6 is 0 Å². The summed E-state index contributed by atoms with van der Waals surface area (Å²) in [5.41, 5.74) is 0. The minimum absolute atomic E-state index is 0.542. The molecule has 0 amide bonds. The number of ether oxygens (including phenoxy) is 2. The van der Waals surface area contributed by atoms with Crippen molar-refractivity contribution in [3.63, 3.8) is 0 Å². The lowest BCUT2D eigenvalue weighted by Crippen LogP contribution is -2.40. The Kier molecular flexibility index (Phi) is 9.54. The lowest BCUT2D eigenvalue weighted by molar-refractivity contribution is 0.0474. The molecule has 1 atom stereocenters. The third kappa shape index (κ3) is 6.72. The summed E-state index contributed by atoms with van der Waals surface area (Å²) < 4.78 is 10.8. The second kappa shape index (κ2) is 10.8. The molecule has 0 heterocycles. The number of rotatable bonds is 9.